The monoisotopic (exact) mass is 524 g/mol. The molecule has 0 saturated carbocycles. The average Bonchev–Trinajstić information content (AvgIpc) is 3.44. The second-order valence-electron chi connectivity index (χ2n) is 9.01. The molecule has 8 nitrogen and oxygen atoms in total. The number of fused-ring (bicyclic) bond motifs is 1. The molecular formula is C32H24N6O2. The maximum absolute atomic E-state index is 12.7. The summed E-state index contributed by atoms with van der Waals surface area (Å²) in [6.07, 6.45) is 0. The molecule has 0 aliphatic rings. The highest BCUT2D eigenvalue weighted by Crippen LogP contribution is 2.24. The minimum atomic E-state index is -0.432. The Bertz CT molecular complexity index is 1740. The number of anilines is 2. The molecule has 6 rings (SSSR count). The zero-order valence-corrected chi connectivity index (χ0v) is 21.3. The first-order valence-corrected chi connectivity index (χ1v) is 12.7. The van der Waals surface area contributed by atoms with Crippen LogP contribution in [0, 0.1) is 0 Å². The third kappa shape index (κ3) is 5.14. The lowest BCUT2D eigenvalue weighted by atomic mass is 10.0. The second kappa shape index (κ2) is 10.9. The molecule has 40 heavy (non-hydrogen) atoms. The van der Waals surface area contributed by atoms with E-state index in [-0.39, 0.29) is 0 Å². The van der Waals surface area contributed by atoms with Crippen molar-refractivity contribution in [3.63, 3.8) is 0 Å². The maximum atomic E-state index is 12.7. The van der Waals surface area contributed by atoms with Crippen LogP contribution in [0.1, 0.15) is 20.7 Å². The van der Waals surface area contributed by atoms with E-state index in [1.807, 2.05) is 97.1 Å². The fraction of sp³-hybridized carbons (Fsp3) is 0. The quantitative estimate of drug-likeness (QED) is 0.235. The Hall–Kier alpha value is -5.76. The molecule has 6 aromatic rings. The largest absolute Gasteiger partial charge is 0.323 e. The number of hydrogen-bond donors (Lipinski definition) is 3. The topological polar surface area (TPSA) is 101 Å². The SMILES string of the molecule is O=C(NNC(=O)c1cccc2ccccc12)c1ccc(Nc2nc(-c3ccccc3)n(-c3ccccc3)n2)cc1. The van der Waals surface area contributed by atoms with Crippen molar-refractivity contribution in [2.75, 3.05) is 5.32 Å². The molecule has 0 spiro atoms. The first kappa shape index (κ1) is 24.6. The number of nitrogens with one attached hydrogen (secondary N) is 3. The summed E-state index contributed by atoms with van der Waals surface area (Å²) in [5.41, 5.74) is 8.40. The molecule has 0 atom stereocenters. The molecule has 0 fully saturated rings. The van der Waals surface area contributed by atoms with Crippen LogP contribution >= 0.6 is 0 Å². The third-order valence-electron chi connectivity index (χ3n) is 6.37. The van der Waals surface area contributed by atoms with E-state index in [1.165, 1.54) is 0 Å². The summed E-state index contributed by atoms with van der Waals surface area (Å²) in [6, 6.07) is 39.5. The second-order valence-corrected chi connectivity index (χ2v) is 9.01. The lowest BCUT2D eigenvalue weighted by Gasteiger charge is -2.10. The third-order valence-corrected chi connectivity index (χ3v) is 6.37. The normalized spacial score (nSPS) is 10.7. The van der Waals surface area contributed by atoms with Crippen LogP contribution in [0.4, 0.5) is 11.6 Å². The predicted octanol–water partition coefficient (Wildman–Crippen LogP) is 5.91. The number of nitrogens with zero attached hydrogens (tertiary/aromatic N) is 3. The predicted molar refractivity (Wildman–Crippen MR) is 155 cm³/mol. The minimum absolute atomic E-state index is 0.386. The molecule has 2 amide bonds. The van der Waals surface area contributed by atoms with Crippen LogP contribution in [0.25, 0.3) is 27.8 Å². The summed E-state index contributed by atoms with van der Waals surface area (Å²) in [4.78, 5) is 30.2. The standard InChI is InChI=1S/C32H24N6O2/c39-30(35-36-31(40)28-17-9-13-22-10-7-8-16-27(22)28)24-18-20-25(21-19-24)33-32-34-29(23-11-3-1-4-12-23)38(37-32)26-14-5-2-6-15-26/h1-21H,(H,33,37)(H,35,39)(H,36,40). The van der Waals surface area contributed by atoms with Crippen molar-refractivity contribution in [1.82, 2.24) is 25.6 Å². The number of rotatable bonds is 6. The first-order valence-electron chi connectivity index (χ1n) is 12.7. The van der Waals surface area contributed by atoms with Gasteiger partial charge in [0.1, 0.15) is 0 Å². The van der Waals surface area contributed by atoms with Gasteiger partial charge in [0.05, 0.1) is 5.69 Å². The van der Waals surface area contributed by atoms with Crippen LogP contribution in [-0.4, -0.2) is 26.6 Å². The molecule has 0 unspecified atom stereocenters. The summed E-state index contributed by atoms with van der Waals surface area (Å²) in [5, 5.41) is 9.65. The summed E-state index contributed by atoms with van der Waals surface area (Å²) in [7, 11) is 0. The molecular weight excluding hydrogens is 500 g/mol. The number of benzene rings is 5. The highest BCUT2D eigenvalue weighted by atomic mass is 16.2. The van der Waals surface area contributed by atoms with E-state index in [1.54, 1.807) is 35.0 Å². The van der Waals surface area contributed by atoms with Crippen LogP contribution in [0.5, 0.6) is 0 Å². The van der Waals surface area contributed by atoms with Crippen LogP contribution in [0.15, 0.2) is 127 Å². The molecule has 0 aliphatic heterocycles. The average molecular weight is 525 g/mol. The lowest BCUT2D eigenvalue weighted by molar-refractivity contribution is 0.0847. The van der Waals surface area contributed by atoms with E-state index in [0.29, 0.717) is 28.6 Å². The van der Waals surface area contributed by atoms with E-state index in [2.05, 4.69) is 21.3 Å². The Morgan fingerprint density at radius 1 is 0.625 bits per heavy atom. The summed E-state index contributed by atoms with van der Waals surface area (Å²) in [5.74, 6) is 0.296. The maximum Gasteiger partial charge on any atom is 0.270 e. The first-order chi connectivity index (χ1) is 19.7. The summed E-state index contributed by atoms with van der Waals surface area (Å²) >= 11 is 0. The van der Waals surface area contributed by atoms with Crippen molar-refractivity contribution < 1.29 is 9.59 Å². The van der Waals surface area contributed by atoms with Crippen LogP contribution in [-0.2, 0) is 0 Å². The van der Waals surface area contributed by atoms with Crippen molar-refractivity contribution in [2.24, 2.45) is 0 Å². The summed E-state index contributed by atoms with van der Waals surface area (Å²) in [6.45, 7) is 0. The van der Waals surface area contributed by atoms with Crippen molar-refractivity contribution in [2.45, 2.75) is 0 Å². The van der Waals surface area contributed by atoms with Crippen molar-refractivity contribution in [1.29, 1.82) is 0 Å². The van der Waals surface area contributed by atoms with E-state index < -0.39 is 11.8 Å². The number of aromatic nitrogens is 3. The molecule has 0 aliphatic carbocycles. The van der Waals surface area contributed by atoms with Gasteiger partial charge in [-0.1, -0.05) is 84.9 Å². The zero-order valence-electron chi connectivity index (χ0n) is 21.3. The Morgan fingerprint density at radius 3 is 2.05 bits per heavy atom. The van der Waals surface area contributed by atoms with E-state index in [4.69, 9.17) is 4.98 Å². The molecule has 0 bridgehead atoms. The molecule has 1 aromatic heterocycles. The van der Waals surface area contributed by atoms with Gasteiger partial charge in [-0.15, -0.1) is 5.10 Å². The summed E-state index contributed by atoms with van der Waals surface area (Å²) < 4.78 is 1.79. The van der Waals surface area contributed by atoms with Crippen LogP contribution in [0.2, 0.25) is 0 Å². The van der Waals surface area contributed by atoms with E-state index in [0.717, 1.165) is 22.0 Å². The Labute approximate surface area is 230 Å². The van der Waals surface area contributed by atoms with Gasteiger partial charge in [-0.3, -0.25) is 20.4 Å². The van der Waals surface area contributed by atoms with E-state index in [9.17, 15) is 9.59 Å². The molecule has 3 N–H and O–H groups in total. The molecule has 0 saturated heterocycles. The molecule has 8 heteroatoms. The number of hydrazine groups is 1. The van der Waals surface area contributed by atoms with Gasteiger partial charge in [-0.2, -0.15) is 4.98 Å². The smallest absolute Gasteiger partial charge is 0.270 e. The number of carbonyl (C=O) groups is 2. The molecule has 194 valence electrons. The Morgan fingerprint density at radius 2 is 1.27 bits per heavy atom. The zero-order chi connectivity index (χ0) is 27.3. The fourth-order valence-corrected chi connectivity index (χ4v) is 4.40. The lowest BCUT2D eigenvalue weighted by Crippen LogP contribution is -2.41. The van der Waals surface area contributed by atoms with Crippen LogP contribution in [0.3, 0.4) is 0 Å². The van der Waals surface area contributed by atoms with Crippen molar-refractivity contribution in [3.8, 4) is 17.1 Å². The minimum Gasteiger partial charge on any atom is -0.323 e. The fourth-order valence-electron chi connectivity index (χ4n) is 4.40. The number of para-hydroxylation sites is 1. The van der Waals surface area contributed by atoms with Crippen molar-refractivity contribution >= 4 is 34.2 Å². The van der Waals surface area contributed by atoms with E-state index >= 15 is 0 Å². The van der Waals surface area contributed by atoms with Gasteiger partial charge in [0, 0.05) is 22.4 Å². The molecule has 5 aromatic carbocycles. The van der Waals surface area contributed by atoms with Gasteiger partial charge in [0.15, 0.2) is 5.82 Å². The number of amides is 2. The van der Waals surface area contributed by atoms with Gasteiger partial charge in [0.25, 0.3) is 11.8 Å². The Kier molecular flexibility index (Phi) is 6.71. The number of carbonyl (C=O) groups excluding carboxylic acids is 2. The van der Waals surface area contributed by atoms with Gasteiger partial charge in [-0.25, -0.2) is 4.68 Å². The highest BCUT2D eigenvalue weighted by molar-refractivity contribution is 6.08. The van der Waals surface area contributed by atoms with Crippen molar-refractivity contribution in [3.05, 3.63) is 139 Å². The Balaban J connectivity index is 1.15. The van der Waals surface area contributed by atoms with Crippen LogP contribution < -0.4 is 16.2 Å². The van der Waals surface area contributed by atoms with Gasteiger partial charge < -0.3 is 5.32 Å². The molecule has 0 radical (unpaired) electrons. The van der Waals surface area contributed by atoms with Gasteiger partial charge in [-0.05, 0) is 53.2 Å². The molecule has 1 heterocycles. The highest BCUT2D eigenvalue weighted by Gasteiger charge is 2.15. The van der Waals surface area contributed by atoms with Gasteiger partial charge >= 0.3 is 0 Å². The number of hydrogen-bond acceptors (Lipinski definition) is 5. The van der Waals surface area contributed by atoms with Gasteiger partial charge in [0.2, 0.25) is 5.95 Å².